The number of carbonyl (C=O) groups excluding carboxylic acids is 8. The number of benzene rings is 2. The van der Waals surface area contributed by atoms with Gasteiger partial charge in [-0.25, -0.2) is 4.98 Å². The molecule has 22 heteroatoms. The minimum absolute atomic E-state index is 0.0199. The van der Waals surface area contributed by atoms with Crippen LogP contribution in [0.25, 0.3) is 10.9 Å². The highest BCUT2D eigenvalue weighted by molar-refractivity contribution is 6.30. The molecule has 8 amide bonds. The van der Waals surface area contributed by atoms with Crippen LogP contribution in [0.2, 0.25) is 5.02 Å². The van der Waals surface area contributed by atoms with E-state index in [9.17, 15) is 48.3 Å². The summed E-state index contributed by atoms with van der Waals surface area (Å²) in [7, 11) is 0. The van der Waals surface area contributed by atoms with Gasteiger partial charge in [-0.1, -0.05) is 61.7 Å². The van der Waals surface area contributed by atoms with Gasteiger partial charge in [0.15, 0.2) is 0 Å². The molecule has 0 spiro atoms. The summed E-state index contributed by atoms with van der Waals surface area (Å²) in [4.78, 5) is 139. The summed E-state index contributed by atoms with van der Waals surface area (Å²) in [6.07, 6.45) is 4.97. The molecule has 4 aromatic rings. The predicted molar refractivity (Wildman–Crippen MR) is 260 cm³/mol. The minimum Gasteiger partial charge on any atom is -0.481 e. The van der Waals surface area contributed by atoms with Crippen molar-refractivity contribution in [2.75, 3.05) is 13.1 Å². The average Bonchev–Trinajstić information content (AvgIpc) is 4.13. The zero-order chi connectivity index (χ0) is 51.2. The molecule has 7 atom stereocenters. The number of unbranched alkanes of at least 4 members (excludes halogenated alkanes) is 1. The number of para-hydroxylation sites is 1. The molecule has 0 aliphatic carbocycles. The van der Waals surface area contributed by atoms with Crippen molar-refractivity contribution >= 4 is 75.7 Å². The van der Waals surface area contributed by atoms with Crippen molar-refractivity contribution in [3.63, 3.8) is 0 Å². The van der Waals surface area contributed by atoms with Crippen molar-refractivity contribution in [2.45, 2.75) is 133 Å². The second kappa shape index (κ2) is 25.0. The van der Waals surface area contributed by atoms with Crippen LogP contribution in [0.4, 0.5) is 0 Å². The van der Waals surface area contributed by atoms with Crippen LogP contribution < -0.4 is 32.3 Å². The third kappa shape index (κ3) is 14.2. The van der Waals surface area contributed by atoms with Crippen LogP contribution in [0.5, 0.6) is 0 Å². The van der Waals surface area contributed by atoms with E-state index in [-0.39, 0.29) is 64.5 Å². The molecule has 2 aromatic heterocycles. The topological polar surface area (TPSA) is 311 Å². The van der Waals surface area contributed by atoms with Gasteiger partial charge >= 0.3 is 5.97 Å². The maximum absolute atomic E-state index is 14.9. The summed E-state index contributed by atoms with van der Waals surface area (Å²) in [6, 6.07) is 4.03. The molecule has 0 bridgehead atoms. The molecule has 2 aliphatic rings. The lowest BCUT2D eigenvalue weighted by Crippen LogP contribution is -2.64. The Morgan fingerprint density at radius 2 is 1.58 bits per heavy atom. The third-order valence-electron chi connectivity index (χ3n) is 12.8. The van der Waals surface area contributed by atoms with Crippen LogP contribution in [0.3, 0.4) is 0 Å². The number of aromatic amines is 2. The molecule has 6 rings (SSSR count). The van der Waals surface area contributed by atoms with Crippen molar-refractivity contribution in [3.8, 4) is 0 Å². The van der Waals surface area contributed by atoms with Crippen LogP contribution >= 0.6 is 11.6 Å². The Hall–Kier alpha value is -7.29. The lowest BCUT2D eigenvalue weighted by atomic mass is 9.98. The summed E-state index contributed by atoms with van der Waals surface area (Å²) in [6.45, 7) is 3.19. The fraction of sp³-hybridized carbons (Fsp3) is 0.469. The molecule has 10 N–H and O–H groups in total. The van der Waals surface area contributed by atoms with E-state index >= 15 is 0 Å². The monoisotopic (exact) mass is 999 g/mol. The first-order valence-corrected chi connectivity index (χ1v) is 24.3. The van der Waals surface area contributed by atoms with Gasteiger partial charge in [0.2, 0.25) is 47.3 Å². The highest BCUT2D eigenvalue weighted by Gasteiger charge is 2.44. The second-order valence-corrected chi connectivity index (χ2v) is 18.4. The molecule has 2 aliphatic heterocycles. The first-order chi connectivity index (χ1) is 34.0. The van der Waals surface area contributed by atoms with E-state index in [2.05, 4.69) is 41.5 Å². The number of amides is 8. The van der Waals surface area contributed by atoms with Crippen molar-refractivity contribution < 1.29 is 48.3 Å². The van der Waals surface area contributed by atoms with Gasteiger partial charge in [0, 0.05) is 73.3 Å². The van der Waals surface area contributed by atoms with E-state index in [0.29, 0.717) is 35.5 Å². The molecule has 71 heavy (non-hydrogen) atoms. The largest absolute Gasteiger partial charge is 0.481 e. The molecule has 4 heterocycles. The number of primary amides is 1. The number of H-pyrrole nitrogens is 2. The quantitative estimate of drug-likeness (QED) is 0.0873. The molecular formula is C49H62ClN11O10. The van der Waals surface area contributed by atoms with Crippen molar-refractivity contribution in [2.24, 2.45) is 5.73 Å². The molecule has 380 valence electrons. The van der Waals surface area contributed by atoms with Gasteiger partial charge in [-0.2, -0.15) is 0 Å². The van der Waals surface area contributed by atoms with E-state index in [1.807, 2.05) is 31.2 Å². The Morgan fingerprint density at radius 1 is 0.859 bits per heavy atom. The molecular weight excluding hydrogens is 938 g/mol. The highest BCUT2D eigenvalue weighted by atomic mass is 35.5. The van der Waals surface area contributed by atoms with Crippen LogP contribution in [-0.2, 0) is 62.4 Å². The number of imidazole rings is 1. The number of rotatable bonds is 14. The maximum Gasteiger partial charge on any atom is 0.305 e. The zero-order valence-corrected chi connectivity index (χ0v) is 40.5. The molecule has 0 radical (unpaired) electrons. The number of hydrogen-bond donors (Lipinski definition) is 9. The van der Waals surface area contributed by atoms with E-state index in [4.69, 9.17) is 17.3 Å². The van der Waals surface area contributed by atoms with Gasteiger partial charge in [-0.15, -0.1) is 0 Å². The Balaban J connectivity index is 1.44. The van der Waals surface area contributed by atoms with Gasteiger partial charge in [0.1, 0.15) is 42.3 Å². The highest BCUT2D eigenvalue weighted by Crippen LogP contribution is 2.24. The van der Waals surface area contributed by atoms with E-state index in [1.165, 1.54) is 24.3 Å². The molecule has 0 unspecified atom stereocenters. The summed E-state index contributed by atoms with van der Waals surface area (Å²) in [5.74, 6) is -8.01. The number of carboxylic acids is 1. The summed E-state index contributed by atoms with van der Waals surface area (Å²) < 4.78 is 0. The van der Waals surface area contributed by atoms with Crippen LogP contribution in [0.15, 0.2) is 67.3 Å². The number of nitrogens with one attached hydrogen (secondary N) is 7. The predicted octanol–water partition coefficient (Wildman–Crippen LogP) is 1.54. The number of nitrogens with zero attached hydrogens (tertiary/aromatic N) is 3. The van der Waals surface area contributed by atoms with Gasteiger partial charge in [0.05, 0.1) is 12.7 Å². The van der Waals surface area contributed by atoms with Crippen LogP contribution in [0.1, 0.15) is 88.5 Å². The fourth-order valence-corrected chi connectivity index (χ4v) is 9.36. The third-order valence-corrected chi connectivity index (χ3v) is 13.1. The number of hydrogen-bond acceptors (Lipinski definition) is 10. The molecule has 2 saturated heterocycles. The van der Waals surface area contributed by atoms with Gasteiger partial charge in [-0.3, -0.25) is 43.2 Å². The SMILES string of the molecule is CCCC[C@H](NC(C)=O)C(=O)N1[C@H](C(N)=O)CCCCNC(=O)[C@H](Cc2c[nH]c3ccccc23)NC(=O)[C@@H]2CCCN2C(=O)[C@@H](Cc2ccc(Cl)cc2)NC(=O)[C@H](Cc2cnc[nH]2)NC(=O)[C@@H]1CC(=O)O. The number of carboxylic acid groups (broad SMARTS) is 1. The van der Waals surface area contributed by atoms with E-state index < -0.39 is 102 Å². The standard InChI is InChI=1S/C49H62ClN11O10/c1-3-4-11-35(56-28(2)62)49(71)61-39(43(51)65)13-7-8-19-53-44(66)36(22-30-25-54-34-12-6-5-10-33(30)34)57-46(68)40-14-9-20-60(40)48(70)38(21-29-15-17-31(50)18-16-29)59-45(67)37(23-32-26-52-27-55-32)58-47(69)41(61)24-42(63)64/h5-6,10,12,15-18,25-27,35-41,54H,3-4,7-9,11,13-14,19-24H2,1-2H3,(H2,51,65)(H,52,55)(H,53,66)(H,56,62)(H,57,68)(H,58,69)(H,59,67)(H,63,64)/t35-,36-,37-,38+,39-,40-,41-/m0/s1. The summed E-state index contributed by atoms with van der Waals surface area (Å²) in [5.41, 5.74) is 8.49. The summed E-state index contributed by atoms with van der Waals surface area (Å²) >= 11 is 6.20. The Labute approximate surface area is 415 Å². The number of fused-ring (bicyclic) bond motifs is 2. The Kier molecular flexibility index (Phi) is 18.7. The van der Waals surface area contributed by atoms with Gasteiger partial charge in [-0.05, 0) is 67.9 Å². The molecule has 21 nitrogen and oxygen atoms in total. The fourth-order valence-electron chi connectivity index (χ4n) is 9.24. The molecule has 2 aromatic carbocycles. The lowest BCUT2D eigenvalue weighted by Gasteiger charge is -2.38. The maximum atomic E-state index is 14.9. The number of aliphatic carboxylic acids is 1. The Morgan fingerprint density at radius 3 is 2.27 bits per heavy atom. The Bertz CT molecular complexity index is 2550. The average molecular weight is 1000 g/mol. The van der Waals surface area contributed by atoms with Crippen LogP contribution in [0, 0.1) is 0 Å². The number of nitrogens with two attached hydrogens (primary N) is 1. The molecule has 2 fully saturated rings. The van der Waals surface area contributed by atoms with E-state index in [0.717, 1.165) is 21.4 Å². The van der Waals surface area contributed by atoms with Crippen LogP contribution in [-0.4, -0.2) is 138 Å². The van der Waals surface area contributed by atoms with Gasteiger partial charge in [0.25, 0.3) is 0 Å². The van der Waals surface area contributed by atoms with Gasteiger partial charge < -0.3 is 57.2 Å². The lowest BCUT2D eigenvalue weighted by molar-refractivity contribution is -0.154. The van der Waals surface area contributed by atoms with Crippen molar-refractivity contribution in [3.05, 3.63) is 89.1 Å². The van der Waals surface area contributed by atoms with E-state index in [1.54, 1.807) is 30.5 Å². The zero-order valence-electron chi connectivity index (χ0n) is 39.7. The van der Waals surface area contributed by atoms with Crippen molar-refractivity contribution in [1.82, 2.24) is 51.3 Å². The summed E-state index contributed by atoms with van der Waals surface area (Å²) in [5, 5.41) is 25.3. The first kappa shape index (κ1) is 53.1. The van der Waals surface area contributed by atoms with Crippen molar-refractivity contribution in [1.29, 1.82) is 0 Å². The minimum atomic E-state index is -1.97. The number of halogens is 1. The first-order valence-electron chi connectivity index (χ1n) is 23.9. The smallest absolute Gasteiger partial charge is 0.305 e. The normalized spacial score (nSPS) is 22.5. The number of aromatic nitrogens is 3. The second-order valence-electron chi connectivity index (χ2n) is 18.0. The number of carbonyl (C=O) groups is 9. The molecule has 0 saturated carbocycles.